The summed E-state index contributed by atoms with van der Waals surface area (Å²) in [6.07, 6.45) is 4.28. The van der Waals surface area contributed by atoms with E-state index in [-0.39, 0.29) is 12.1 Å². The van der Waals surface area contributed by atoms with Crippen LogP contribution >= 0.6 is 0 Å². The van der Waals surface area contributed by atoms with E-state index in [1.807, 2.05) is 48.5 Å². The molecule has 0 amide bonds. The molecule has 2 atom stereocenters. The maximum atomic E-state index is 15.3. The fraction of sp³-hybridized carbons (Fsp3) is 0.400. The smallest absolute Gasteiger partial charge is 0.244 e. The number of nitrogens with zero attached hydrogens (tertiary/aromatic N) is 5. The first kappa shape index (κ1) is 21.2. The van der Waals surface area contributed by atoms with Crippen molar-refractivity contribution in [3.63, 3.8) is 0 Å². The molecule has 4 aromatic rings. The first-order chi connectivity index (χ1) is 16.5. The maximum Gasteiger partial charge on any atom is 0.244 e. The van der Waals surface area contributed by atoms with Crippen molar-refractivity contribution < 1.29 is 13.9 Å². The number of alkyl halides is 1. The molecule has 34 heavy (non-hydrogen) atoms. The van der Waals surface area contributed by atoms with Crippen LogP contribution in [0.5, 0.6) is 5.88 Å². The lowest BCUT2D eigenvalue weighted by molar-refractivity contribution is -0.0808. The van der Waals surface area contributed by atoms with Gasteiger partial charge >= 0.3 is 0 Å². The van der Waals surface area contributed by atoms with E-state index in [4.69, 9.17) is 14.5 Å². The van der Waals surface area contributed by atoms with Gasteiger partial charge in [0.05, 0.1) is 24.8 Å². The quantitative estimate of drug-likeness (QED) is 0.486. The highest BCUT2D eigenvalue weighted by Crippen LogP contribution is 2.34. The Morgan fingerprint density at radius 3 is 2.91 bits per heavy atom. The van der Waals surface area contributed by atoms with Gasteiger partial charge in [-0.3, -0.25) is 4.98 Å². The van der Waals surface area contributed by atoms with Crippen molar-refractivity contribution in [1.82, 2.24) is 24.5 Å². The molecule has 1 N–H and O–H groups in total. The van der Waals surface area contributed by atoms with Crippen LogP contribution in [0.15, 0.2) is 48.8 Å². The van der Waals surface area contributed by atoms with Gasteiger partial charge in [0.1, 0.15) is 17.3 Å². The molecule has 8 nitrogen and oxygen atoms in total. The lowest BCUT2D eigenvalue weighted by atomic mass is 9.91. The van der Waals surface area contributed by atoms with Gasteiger partial charge in [0.2, 0.25) is 11.8 Å². The first-order valence-electron chi connectivity index (χ1n) is 11.6. The summed E-state index contributed by atoms with van der Waals surface area (Å²) in [7, 11) is 1.94. The minimum Gasteiger partial charge on any atom is -0.468 e. The summed E-state index contributed by atoms with van der Waals surface area (Å²) >= 11 is 0. The van der Waals surface area contributed by atoms with Crippen LogP contribution in [-0.4, -0.2) is 75.6 Å². The highest BCUT2D eigenvalue weighted by atomic mass is 19.1. The number of piperidine rings is 1. The van der Waals surface area contributed by atoms with Crippen LogP contribution in [0.1, 0.15) is 13.3 Å². The third-order valence-electron chi connectivity index (χ3n) is 6.69. The average molecular weight is 463 g/mol. The Morgan fingerprint density at radius 1 is 1.24 bits per heavy atom. The Bertz CT molecular complexity index is 1350. The number of nitrogens with one attached hydrogen (secondary N) is 1. The van der Waals surface area contributed by atoms with Gasteiger partial charge in [-0.25, -0.2) is 8.91 Å². The SMILES string of the molecule is CN1CCC(Nc2nc(OC3COC3)c3c(-c4ccc5ncccc5c4)ccn3n2)C(C)(F)C1. The molecule has 3 aromatic heterocycles. The lowest BCUT2D eigenvalue weighted by Gasteiger charge is -2.39. The molecule has 9 heteroatoms. The molecule has 0 spiro atoms. The van der Waals surface area contributed by atoms with E-state index in [2.05, 4.69) is 21.5 Å². The Morgan fingerprint density at radius 2 is 2.12 bits per heavy atom. The van der Waals surface area contributed by atoms with Crippen molar-refractivity contribution >= 4 is 22.4 Å². The molecule has 2 unspecified atom stereocenters. The number of anilines is 1. The van der Waals surface area contributed by atoms with E-state index in [0.717, 1.165) is 34.1 Å². The highest BCUT2D eigenvalue weighted by molar-refractivity contribution is 5.90. The van der Waals surface area contributed by atoms with E-state index in [0.29, 0.717) is 38.0 Å². The Balaban J connectivity index is 1.41. The molecule has 0 saturated carbocycles. The number of halogens is 1. The molecule has 2 fully saturated rings. The molecule has 1 aromatic carbocycles. The van der Waals surface area contributed by atoms with Crippen LogP contribution < -0.4 is 10.1 Å². The fourth-order valence-corrected chi connectivity index (χ4v) is 4.80. The first-order valence-corrected chi connectivity index (χ1v) is 11.6. The van der Waals surface area contributed by atoms with Gasteiger partial charge in [-0.2, -0.15) is 4.98 Å². The van der Waals surface area contributed by atoms with Crippen molar-refractivity contribution in [2.75, 3.05) is 38.7 Å². The lowest BCUT2D eigenvalue weighted by Crippen LogP contribution is -2.54. The number of aromatic nitrogens is 4. The minimum atomic E-state index is -1.39. The van der Waals surface area contributed by atoms with Gasteiger partial charge in [0.25, 0.3) is 0 Å². The Kier molecular flexibility index (Phi) is 5.11. The van der Waals surface area contributed by atoms with Crippen LogP contribution in [-0.2, 0) is 4.74 Å². The van der Waals surface area contributed by atoms with E-state index < -0.39 is 5.67 Å². The van der Waals surface area contributed by atoms with Crippen molar-refractivity contribution in [3.8, 4) is 17.0 Å². The summed E-state index contributed by atoms with van der Waals surface area (Å²) in [5.41, 5.74) is 2.30. The number of hydrogen-bond acceptors (Lipinski definition) is 7. The number of likely N-dealkylation sites (tertiary alicyclic amines) is 1. The summed E-state index contributed by atoms with van der Waals surface area (Å²) < 4.78 is 28.6. The standard InChI is InChI=1S/C25H27FN6O2/c1-25(26)15-31(2)10-8-21(25)28-24-29-23(34-18-13-33-14-18)22-19(7-11-32(22)30-24)16-5-6-20-17(12-16)4-3-9-27-20/h3-7,9,11-12,18,21H,8,10,13-15H2,1-2H3,(H,28,30). The van der Waals surface area contributed by atoms with Crippen LogP contribution in [0.4, 0.5) is 10.3 Å². The molecule has 0 bridgehead atoms. The summed E-state index contributed by atoms with van der Waals surface area (Å²) in [5, 5.41) is 8.96. The molecular weight excluding hydrogens is 435 g/mol. The summed E-state index contributed by atoms with van der Waals surface area (Å²) in [6, 6.07) is 11.7. The normalized spacial score (nSPS) is 23.8. The van der Waals surface area contributed by atoms with Gasteiger partial charge in [-0.1, -0.05) is 12.1 Å². The number of fused-ring (bicyclic) bond motifs is 2. The van der Waals surface area contributed by atoms with E-state index in [1.54, 1.807) is 17.6 Å². The van der Waals surface area contributed by atoms with E-state index in [9.17, 15) is 0 Å². The largest absolute Gasteiger partial charge is 0.468 e. The maximum absolute atomic E-state index is 15.3. The second-order valence-electron chi connectivity index (χ2n) is 9.45. The second-order valence-corrected chi connectivity index (χ2v) is 9.45. The number of hydrogen-bond donors (Lipinski definition) is 1. The summed E-state index contributed by atoms with van der Waals surface area (Å²) in [5.74, 6) is 0.816. The number of benzene rings is 1. The second kappa shape index (κ2) is 8.18. The Labute approximate surface area is 196 Å². The fourth-order valence-electron chi connectivity index (χ4n) is 4.80. The van der Waals surface area contributed by atoms with Crippen molar-refractivity contribution in [2.45, 2.75) is 31.2 Å². The number of rotatable bonds is 5. The van der Waals surface area contributed by atoms with Gasteiger partial charge in [0.15, 0.2) is 0 Å². The van der Waals surface area contributed by atoms with Gasteiger partial charge in [0, 0.05) is 36.4 Å². The zero-order valence-corrected chi connectivity index (χ0v) is 19.2. The summed E-state index contributed by atoms with van der Waals surface area (Å²) in [4.78, 5) is 11.1. The van der Waals surface area contributed by atoms with Crippen LogP contribution in [0.2, 0.25) is 0 Å². The predicted molar refractivity (Wildman–Crippen MR) is 128 cm³/mol. The molecule has 2 saturated heterocycles. The zero-order chi connectivity index (χ0) is 23.3. The molecule has 2 aliphatic rings. The average Bonchev–Trinajstić information content (AvgIpc) is 3.21. The number of pyridine rings is 1. The Hall–Kier alpha value is -3.30. The minimum absolute atomic E-state index is 0.0649. The van der Waals surface area contributed by atoms with E-state index >= 15 is 4.39 Å². The van der Waals surface area contributed by atoms with Crippen LogP contribution in [0.25, 0.3) is 27.5 Å². The van der Waals surface area contributed by atoms with Gasteiger partial charge in [-0.05, 0) is 50.2 Å². The molecule has 2 aliphatic heterocycles. The zero-order valence-electron chi connectivity index (χ0n) is 19.2. The molecule has 5 heterocycles. The highest BCUT2D eigenvalue weighted by Gasteiger charge is 2.39. The number of ether oxygens (including phenoxy) is 2. The molecule has 6 rings (SSSR count). The van der Waals surface area contributed by atoms with Gasteiger partial charge < -0.3 is 19.7 Å². The van der Waals surface area contributed by atoms with Crippen LogP contribution in [0, 0.1) is 0 Å². The molecule has 0 aliphatic carbocycles. The van der Waals surface area contributed by atoms with Crippen molar-refractivity contribution in [3.05, 3.63) is 48.8 Å². The van der Waals surface area contributed by atoms with Crippen molar-refractivity contribution in [1.29, 1.82) is 0 Å². The van der Waals surface area contributed by atoms with Crippen LogP contribution in [0.3, 0.4) is 0 Å². The monoisotopic (exact) mass is 462 g/mol. The molecular formula is C25H27FN6O2. The molecule has 0 radical (unpaired) electrons. The van der Waals surface area contributed by atoms with E-state index in [1.165, 1.54) is 0 Å². The summed E-state index contributed by atoms with van der Waals surface area (Å²) in [6.45, 7) is 3.85. The third kappa shape index (κ3) is 3.84. The third-order valence-corrected chi connectivity index (χ3v) is 6.69. The predicted octanol–water partition coefficient (Wildman–Crippen LogP) is 3.57. The van der Waals surface area contributed by atoms with Gasteiger partial charge in [-0.15, -0.1) is 5.10 Å². The van der Waals surface area contributed by atoms with Crippen molar-refractivity contribution in [2.24, 2.45) is 0 Å². The molecule has 176 valence electrons. The topological polar surface area (TPSA) is 76.8 Å².